The molecule has 1 atom stereocenters. The van der Waals surface area contributed by atoms with Crippen LogP contribution in [0, 0.1) is 11.7 Å². The van der Waals surface area contributed by atoms with Crippen LogP contribution in [0.5, 0.6) is 0 Å². The topological polar surface area (TPSA) is 86.8 Å². The average Bonchev–Trinajstić information content (AvgIpc) is 3.16. The van der Waals surface area contributed by atoms with Crippen LogP contribution < -0.4 is 5.32 Å². The van der Waals surface area contributed by atoms with Crippen LogP contribution in [0.1, 0.15) is 12.8 Å². The van der Waals surface area contributed by atoms with Crippen molar-refractivity contribution >= 4 is 46.0 Å². The van der Waals surface area contributed by atoms with E-state index >= 15 is 0 Å². The summed E-state index contributed by atoms with van der Waals surface area (Å²) in [5.41, 5.74) is 1.34. The smallest absolute Gasteiger partial charge is 0.237 e. The fourth-order valence-electron chi connectivity index (χ4n) is 3.57. The molecule has 1 aliphatic rings. The van der Waals surface area contributed by atoms with Crippen LogP contribution in [0.4, 0.5) is 10.2 Å². The number of halogens is 3. The zero-order chi connectivity index (χ0) is 20.4. The van der Waals surface area contributed by atoms with Crippen LogP contribution in [0.3, 0.4) is 0 Å². The number of hydrogen-bond acceptors (Lipinski definition) is 5. The first-order chi connectivity index (χ1) is 14.0. The fourth-order valence-corrected chi connectivity index (χ4v) is 3.89. The summed E-state index contributed by atoms with van der Waals surface area (Å²) in [6, 6.07) is 1.76. The molecule has 0 saturated carbocycles. The van der Waals surface area contributed by atoms with Gasteiger partial charge in [0.1, 0.15) is 11.5 Å². The van der Waals surface area contributed by atoms with Gasteiger partial charge in [-0.05, 0) is 24.8 Å². The highest BCUT2D eigenvalue weighted by Gasteiger charge is 2.23. The molecule has 1 saturated heterocycles. The molecule has 1 aliphatic heterocycles. The summed E-state index contributed by atoms with van der Waals surface area (Å²) in [4.78, 5) is 29.3. The number of nitrogens with zero attached hydrogens (tertiary/aromatic N) is 4. The summed E-state index contributed by atoms with van der Waals surface area (Å²) in [7, 11) is 0. The number of H-pyrrole nitrogens is 1. The van der Waals surface area contributed by atoms with Crippen LogP contribution in [0.2, 0.25) is 5.02 Å². The molecule has 4 rings (SSSR count). The molecule has 1 fully saturated rings. The van der Waals surface area contributed by atoms with Crippen molar-refractivity contribution in [1.82, 2.24) is 24.8 Å². The van der Waals surface area contributed by atoms with Gasteiger partial charge in [-0.2, -0.15) is 0 Å². The lowest BCUT2D eigenvalue weighted by Gasteiger charge is -2.32. The van der Waals surface area contributed by atoms with Crippen molar-refractivity contribution in [3.05, 3.63) is 35.5 Å². The minimum atomic E-state index is -0.533. The van der Waals surface area contributed by atoms with E-state index in [2.05, 4.69) is 25.3 Å². The number of carbonyl (C=O) groups is 1. The normalized spacial score (nSPS) is 16.9. The van der Waals surface area contributed by atoms with Crippen LogP contribution >= 0.6 is 23.2 Å². The standard InChI is InChI=1S/C19H19Cl2FN6O/c20-5-16(29)28-3-1-2-11(10-28)6-23-19-15(22)9-26-18(27-19)14-8-25-17-13(14)4-12(21)7-24-17/h4,7-9,11H,1-3,5-6,10H2,(H,24,25)(H,23,26,27)/t11-/m1/s1. The molecule has 0 aromatic carbocycles. The van der Waals surface area contributed by atoms with Gasteiger partial charge in [-0.15, -0.1) is 11.6 Å². The van der Waals surface area contributed by atoms with Gasteiger partial charge in [0.15, 0.2) is 17.5 Å². The molecule has 3 aromatic heterocycles. The number of carbonyl (C=O) groups excluding carboxylic acids is 1. The molecule has 0 bridgehead atoms. The molecule has 4 heterocycles. The Kier molecular flexibility index (Phi) is 5.82. The van der Waals surface area contributed by atoms with E-state index in [1.165, 1.54) is 0 Å². The van der Waals surface area contributed by atoms with Gasteiger partial charge in [0, 0.05) is 43.0 Å². The number of likely N-dealkylation sites (tertiary alicyclic amines) is 1. The van der Waals surface area contributed by atoms with E-state index < -0.39 is 5.82 Å². The van der Waals surface area contributed by atoms with Crippen molar-refractivity contribution in [3.8, 4) is 11.4 Å². The molecule has 0 radical (unpaired) electrons. The maximum absolute atomic E-state index is 14.3. The Hall–Kier alpha value is -2.45. The molecule has 1 amide bonds. The van der Waals surface area contributed by atoms with Gasteiger partial charge in [-0.25, -0.2) is 19.3 Å². The summed E-state index contributed by atoms with van der Waals surface area (Å²) >= 11 is 11.7. The first-order valence-electron chi connectivity index (χ1n) is 9.28. The van der Waals surface area contributed by atoms with Gasteiger partial charge in [0.05, 0.1) is 11.2 Å². The minimum absolute atomic E-state index is 0.0203. The number of amides is 1. The monoisotopic (exact) mass is 436 g/mol. The Morgan fingerprint density at radius 1 is 1.38 bits per heavy atom. The Morgan fingerprint density at radius 2 is 2.24 bits per heavy atom. The fraction of sp³-hybridized carbons (Fsp3) is 0.368. The van der Waals surface area contributed by atoms with Gasteiger partial charge in [0.2, 0.25) is 5.91 Å². The Balaban J connectivity index is 1.51. The zero-order valence-corrected chi connectivity index (χ0v) is 17.0. The number of alkyl halides is 1. The van der Waals surface area contributed by atoms with E-state index in [0.29, 0.717) is 41.7 Å². The molecule has 0 aliphatic carbocycles. The maximum Gasteiger partial charge on any atom is 0.237 e. The largest absolute Gasteiger partial charge is 0.367 e. The van der Waals surface area contributed by atoms with E-state index in [0.717, 1.165) is 24.4 Å². The molecule has 0 unspecified atom stereocenters. The summed E-state index contributed by atoms with van der Waals surface area (Å²) < 4.78 is 14.3. The molecular weight excluding hydrogens is 418 g/mol. The summed E-state index contributed by atoms with van der Waals surface area (Å²) in [5, 5.41) is 4.33. The predicted molar refractivity (Wildman–Crippen MR) is 111 cm³/mol. The van der Waals surface area contributed by atoms with Crippen molar-refractivity contribution < 1.29 is 9.18 Å². The van der Waals surface area contributed by atoms with Crippen LogP contribution in [0.15, 0.2) is 24.7 Å². The lowest BCUT2D eigenvalue weighted by molar-refractivity contribution is -0.130. The first kappa shape index (κ1) is 19.8. The number of anilines is 1. The van der Waals surface area contributed by atoms with E-state index in [1.54, 1.807) is 23.4 Å². The lowest BCUT2D eigenvalue weighted by atomic mass is 9.98. The van der Waals surface area contributed by atoms with Crippen molar-refractivity contribution in [2.24, 2.45) is 5.92 Å². The van der Waals surface area contributed by atoms with Gasteiger partial charge in [-0.3, -0.25) is 4.79 Å². The minimum Gasteiger partial charge on any atom is -0.367 e. The number of piperidine rings is 1. The number of fused-ring (bicyclic) bond motifs is 1. The van der Waals surface area contributed by atoms with Crippen molar-refractivity contribution in [1.29, 1.82) is 0 Å². The Labute approximate surface area is 176 Å². The van der Waals surface area contributed by atoms with Crippen LogP contribution in [0.25, 0.3) is 22.4 Å². The second-order valence-electron chi connectivity index (χ2n) is 7.00. The van der Waals surface area contributed by atoms with E-state index in [9.17, 15) is 9.18 Å². The second-order valence-corrected chi connectivity index (χ2v) is 7.71. The highest BCUT2D eigenvalue weighted by atomic mass is 35.5. The summed E-state index contributed by atoms with van der Waals surface area (Å²) in [5.74, 6) is 0.0672. The van der Waals surface area contributed by atoms with Crippen molar-refractivity contribution in [3.63, 3.8) is 0 Å². The van der Waals surface area contributed by atoms with Crippen molar-refractivity contribution in [2.75, 3.05) is 30.8 Å². The second kappa shape index (κ2) is 8.51. The number of hydrogen-bond donors (Lipinski definition) is 2. The number of rotatable bonds is 5. The van der Waals surface area contributed by atoms with Crippen LogP contribution in [-0.4, -0.2) is 56.3 Å². The lowest BCUT2D eigenvalue weighted by Crippen LogP contribution is -2.42. The predicted octanol–water partition coefficient (Wildman–Crippen LogP) is 3.70. The summed E-state index contributed by atoms with van der Waals surface area (Å²) in [6.45, 7) is 1.82. The summed E-state index contributed by atoms with van der Waals surface area (Å²) in [6.07, 6.45) is 6.26. The zero-order valence-electron chi connectivity index (χ0n) is 15.5. The highest BCUT2D eigenvalue weighted by Crippen LogP contribution is 2.28. The highest BCUT2D eigenvalue weighted by molar-refractivity contribution is 6.31. The third-order valence-electron chi connectivity index (χ3n) is 5.03. The quantitative estimate of drug-likeness (QED) is 0.595. The SMILES string of the molecule is O=C(CCl)N1CCC[C@H](CNc2nc(-c3c[nH]c4ncc(Cl)cc34)ncc2F)C1. The number of aromatic nitrogens is 4. The van der Waals surface area contributed by atoms with Gasteiger partial charge in [0.25, 0.3) is 0 Å². The molecule has 10 heteroatoms. The van der Waals surface area contributed by atoms with Gasteiger partial charge >= 0.3 is 0 Å². The maximum atomic E-state index is 14.3. The molecular formula is C19H19Cl2FN6O. The van der Waals surface area contributed by atoms with Gasteiger partial charge < -0.3 is 15.2 Å². The van der Waals surface area contributed by atoms with Crippen molar-refractivity contribution in [2.45, 2.75) is 12.8 Å². The molecule has 152 valence electrons. The molecule has 0 spiro atoms. The molecule has 2 N–H and O–H groups in total. The van der Waals surface area contributed by atoms with E-state index in [1.807, 2.05) is 0 Å². The van der Waals surface area contributed by atoms with Gasteiger partial charge in [-0.1, -0.05) is 11.6 Å². The third-order valence-corrected chi connectivity index (χ3v) is 5.46. The average molecular weight is 437 g/mol. The number of nitrogens with one attached hydrogen (secondary N) is 2. The Morgan fingerprint density at radius 3 is 3.07 bits per heavy atom. The molecule has 7 nitrogen and oxygen atoms in total. The third kappa shape index (κ3) is 4.28. The van der Waals surface area contributed by atoms with E-state index in [-0.39, 0.29) is 23.5 Å². The molecule has 3 aromatic rings. The Bertz CT molecular complexity index is 1040. The first-order valence-corrected chi connectivity index (χ1v) is 10.2. The molecule has 29 heavy (non-hydrogen) atoms. The van der Waals surface area contributed by atoms with Crippen LogP contribution in [-0.2, 0) is 4.79 Å². The number of pyridine rings is 1. The number of aromatic amines is 1. The van der Waals surface area contributed by atoms with E-state index in [4.69, 9.17) is 23.2 Å².